The average Bonchev–Trinajstić information content (AvgIpc) is 2.91. The summed E-state index contributed by atoms with van der Waals surface area (Å²) in [4.78, 5) is 26.9. The summed E-state index contributed by atoms with van der Waals surface area (Å²) in [6.07, 6.45) is 1.51. The van der Waals surface area contributed by atoms with Crippen LogP contribution < -0.4 is 0 Å². The van der Waals surface area contributed by atoms with Gasteiger partial charge in [-0.05, 0) is 13.3 Å². The molecule has 1 aromatic heterocycles. The van der Waals surface area contributed by atoms with Gasteiger partial charge in [0.2, 0.25) is 0 Å². The first kappa shape index (κ1) is 15.2. The number of imide groups is 1. The first-order valence-electron chi connectivity index (χ1n) is 6.57. The molecule has 0 radical (unpaired) electrons. The smallest absolute Gasteiger partial charge is 0.326 e. The molecule has 19 heavy (non-hydrogen) atoms. The van der Waals surface area contributed by atoms with Crippen molar-refractivity contribution in [3.8, 4) is 0 Å². The first-order valence-corrected chi connectivity index (χ1v) is 6.57. The van der Waals surface area contributed by atoms with Crippen molar-refractivity contribution in [2.45, 2.75) is 33.6 Å². The van der Waals surface area contributed by atoms with Crippen LogP contribution in [0.5, 0.6) is 0 Å². The van der Waals surface area contributed by atoms with Crippen molar-refractivity contribution in [2.75, 3.05) is 20.1 Å². The van der Waals surface area contributed by atoms with Crippen LogP contribution in [0, 0.1) is 0 Å². The summed E-state index contributed by atoms with van der Waals surface area (Å²) in [5.74, 6) is 0.188. The van der Waals surface area contributed by atoms with Crippen LogP contribution in [0.15, 0.2) is 10.6 Å². The maximum absolute atomic E-state index is 12.1. The molecule has 0 saturated heterocycles. The molecule has 0 aliphatic heterocycles. The van der Waals surface area contributed by atoms with E-state index in [4.69, 9.17) is 4.52 Å². The molecule has 0 spiro atoms. The van der Waals surface area contributed by atoms with Gasteiger partial charge in [0.25, 0.3) is 5.91 Å². The van der Waals surface area contributed by atoms with Crippen molar-refractivity contribution < 1.29 is 14.1 Å². The topological polar surface area (TPSA) is 66.7 Å². The Kier molecular flexibility index (Phi) is 5.54. The summed E-state index contributed by atoms with van der Waals surface area (Å²) >= 11 is 0. The highest BCUT2D eigenvalue weighted by Crippen LogP contribution is 2.08. The second-order valence-electron chi connectivity index (χ2n) is 4.26. The number of hydrogen-bond acceptors (Lipinski definition) is 4. The molecule has 0 atom stereocenters. The highest BCUT2D eigenvalue weighted by atomic mass is 16.5. The van der Waals surface area contributed by atoms with Crippen LogP contribution in [0.1, 0.15) is 43.4 Å². The summed E-state index contributed by atoms with van der Waals surface area (Å²) in [5, 5.41) is 3.68. The van der Waals surface area contributed by atoms with Crippen molar-refractivity contribution in [3.05, 3.63) is 17.5 Å². The Morgan fingerprint density at radius 1 is 1.32 bits per heavy atom. The van der Waals surface area contributed by atoms with E-state index < -0.39 is 5.91 Å². The fraction of sp³-hybridized carbons (Fsp3) is 0.615. The van der Waals surface area contributed by atoms with E-state index in [-0.39, 0.29) is 11.7 Å². The molecule has 0 aromatic carbocycles. The molecule has 6 heteroatoms. The molecule has 0 unspecified atom stereocenters. The number of nitrogens with zero attached hydrogens (tertiary/aromatic N) is 3. The van der Waals surface area contributed by atoms with Gasteiger partial charge in [0, 0.05) is 32.6 Å². The third-order valence-electron chi connectivity index (χ3n) is 2.86. The summed E-state index contributed by atoms with van der Waals surface area (Å²) in [7, 11) is 1.46. The van der Waals surface area contributed by atoms with Gasteiger partial charge in [-0.15, -0.1) is 0 Å². The van der Waals surface area contributed by atoms with E-state index >= 15 is 0 Å². The van der Waals surface area contributed by atoms with Gasteiger partial charge in [0.15, 0.2) is 5.69 Å². The van der Waals surface area contributed by atoms with Crippen LogP contribution in [0.2, 0.25) is 0 Å². The van der Waals surface area contributed by atoms with E-state index in [0.717, 1.165) is 11.3 Å². The van der Waals surface area contributed by atoms with Crippen molar-refractivity contribution in [1.29, 1.82) is 0 Å². The van der Waals surface area contributed by atoms with Gasteiger partial charge in [0.05, 0.1) is 0 Å². The predicted molar refractivity (Wildman–Crippen MR) is 70.9 cm³/mol. The predicted octanol–water partition coefficient (Wildman–Crippen LogP) is 2.16. The molecule has 106 valence electrons. The Morgan fingerprint density at radius 3 is 2.47 bits per heavy atom. The fourth-order valence-corrected chi connectivity index (χ4v) is 1.71. The standard InChI is InChI=1S/C13H21N3O3/c1-5-8-16(7-3)13(18)15(4)12(17)11-9-10(6-2)19-14-11/h9H,5-8H2,1-4H3. The summed E-state index contributed by atoms with van der Waals surface area (Å²) in [6.45, 7) is 6.99. The van der Waals surface area contributed by atoms with Gasteiger partial charge in [-0.25, -0.2) is 4.79 Å². The van der Waals surface area contributed by atoms with E-state index in [1.165, 1.54) is 7.05 Å². The second-order valence-corrected chi connectivity index (χ2v) is 4.26. The minimum Gasteiger partial charge on any atom is -0.361 e. The van der Waals surface area contributed by atoms with Crippen molar-refractivity contribution >= 4 is 11.9 Å². The third-order valence-corrected chi connectivity index (χ3v) is 2.86. The molecule has 1 heterocycles. The van der Waals surface area contributed by atoms with Crippen LogP contribution in [-0.4, -0.2) is 47.0 Å². The van der Waals surface area contributed by atoms with E-state index in [2.05, 4.69) is 5.16 Å². The van der Waals surface area contributed by atoms with Crippen LogP contribution in [0.4, 0.5) is 4.79 Å². The van der Waals surface area contributed by atoms with Crippen LogP contribution >= 0.6 is 0 Å². The highest BCUT2D eigenvalue weighted by Gasteiger charge is 2.25. The molecule has 6 nitrogen and oxygen atoms in total. The quantitative estimate of drug-likeness (QED) is 0.820. The number of amides is 3. The van der Waals surface area contributed by atoms with E-state index in [9.17, 15) is 9.59 Å². The van der Waals surface area contributed by atoms with Crippen LogP contribution in [-0.2, 0) is 6.42 Å². The number of rotatable bonds is 5. The lowest BCUT2D eigenvalue weighted by Crippen LogP contribution is -2.44. The number of carbonyl (C=O) groups is 2. The number of aromatic nitrogens is 1. The minimum atomic E-state index is -0.442. The Bertz CT molecular complexity index is 442. The summed E-state index contributed by atoms with van der Waals surface area (Å²) in [5.41, 5.74) is 0.167. The zero-order chi connectivity index (χ0) is 14.4. The summed E-state index contributed by atoms with van der Waals surface area (Å²) in [6, 6.07) is 1.26. The molecule has 1 aromatic rings. The van der Waals surface area contributed by atoms with Gasteiger partial charge in [-0.1, -0.05) is 19.0 Å². The lowest BCUT2D eigenvalue weighted by atomic mass is 10.3. The van der Waals surface area contributed by atoms with Crippen molar-refractivity contribution in [2.24, 2.45) is 0 Å². The summed E-state index contributed by atoms with van der Waals surface area (Å²) < 4.78 is 4.98. The molecular weight excluding hydrogens is 246 g/mol. The first-order chi connectivity index (χ1) is 9.04. The molecule has 0 fully saturated rings. The van der Waals surface area contributed by atoms with Crippen molar-refractivity contribution in [3.63, 3.8) is 0 Å². The maximum Gasteiger partial charge on any atom is 0.326 e. The molecule has 0 bridgehead atoms. The number of aryl methyl sites for hydroxylation is 1. The maximum atomic E-state index is 12.1. The highest BCUT2D eigenvalue weighted by molar-refractivity contribution is 6.02. The zero-order valence-corrected chi connectivity index (χ0v) is 12.0. The number of hydrogen-bond donors (Lipinski definition) is 0. The van der Waals surface area contributed by atoms with Gasteiger partial charge in [0.1, 0.15) is 5.76 Å². The molecular formula is C13H21N3O3. The monoisotopic (exact) mass is 267 g/mol. The molecule has 0 aliphatic carbocycles. The van der Waals surface area contributed by atoms with Crippen LogP contribution in [0.25, 0.3) is 0 Å². The molecule has 0 saturated carbocycles. The minimum absolute atomic E-state index is 0.167. The molecule has 0 N–H and O–H groups in total. The Labute approximate surface area is 113 Å². The normalized spacial score (nSPS) is 10.3. The second kappa shape index (κ2) is 6.92. The fourth-order valence-electron chi connectivity index (χ4n) is 1.71. The Morgan fingerprint density at radius 2 is 2.00 bits per heavy atom. The average molecular weight is 267 g/mol. The van der Waals surface area contributed by atoms with Gasteiger partial charge < -0.3 is 9.42 Å². The van der Waals surface area contributed by atoms with E-state index in [0.29, 0.717) is 25.3 Å². The molecule has 3 amide bonds. The third kappa shape index (κ3) is 3.56. The Balaban J connectivity index is 2.78. The zero-order valence-electron chi connectivity index (χ0n) is 12.0. The SMILES string of the molecule is CCCN(CC)C(=O)N(C)C(=O)c1cc(CC)on1. The van der Waals surface area contributed by atoms with E-state index in [1.807, 2.05) is 20.8 Å². The lowest BCUT2D eigenvalue weighted by molar-refractivity contribution is 0.0787. The Hall–Kier alpha value is -1.85. The molecule has 0 aliphatic rings. The number of urea groups is 1. The van der Waals surface area contributed by atoms with Gasteiger partial charge in [-0.3, -0.25) is 9.69 Å². The lowest BCUT2D eigenvalue weighted by Gasteiger charge is -2.25. The van der Waals surface area contributed by atoms with Gasteiger partial charge in [-0.2, -0.15) is 0 Å². The largest absolute Gasteiger partial charge is 0.361 e. The molecule has 1 rings (SSSR count). The van der Waals surface area contributed by atoms with E-state index in [1.54, 1.807) is 11.0 Å². The van der Waals surface area contributed by atoms with Crippen LogP contribution in [0.3, 0.4) is 0 Å². The van der Waals surface area contributed by atoms with Crippen molar-refractivity contribution in [1.82, 2.24) is 15.0 Å². The van der Waals surface area contributed by atoms with Gasteiger partial charge >= 0.3 is 6.03 Å². The number of carbonyl (C=O) groups excluding carboxylic acids is 2.